The van der Waals surface area contributed by atoms with Crippen LogP contribution in [-0.2, 0) is 5.92 Å². The highest BCUT2D eigenvalue weighted by molar-refractivity contribution is 5.83. The quantitative estimate of drug-likeness (QED) is 0.375. The molecule has 29 heavy (non-hydrogen) atoms. The summed E-state index contributed by atoms with van der Waals surface area (Å²) in [5.74, 6) is -4.71. The highest BCUT2D eigenvalue weighted by Crippen LogP contribution is 2.46. The van der Waals surface area contributed by atoms with Crippen LogP contribution in [0.2, 0.25) is 0 Å². The van der Waals surface area contributed by atoms with E-state index in [0.717, 1.165) is 12.1 Å². The molecule has 3 aromatic rings. The lowest BCUT2D eigenvalue weighted by Crippen LogP contribution is -2.34. The van der Waals surface area contributed by atoms with Gasteiger partial charge in [-0.05, 0) is 44.5 Å². The van der Waals surface area contributed by atoms with Crippen molar-refractivity contribution in [2.24, 2.45) is 0 Å². The Morgan fingerprint density at radius 1 is 0.862 bits per heavy atom. The third-order valence-electron chi connectivity index (χ3n) is 4.04. The predicted octanol–water partition coefficient (Wildman–Crippen LogP) is 6.29. The summed E-state index contributed by atoms with van der Waals surface area (Å²) in [5.41, 5.74) is -3.65. The van der Waals surface area contributed by atoms with Gasteiger partial charge in [0.15, 0.2) is 0 Å². The van der Waals surface area contributed by atoms with Crippen molar-refractivity contribution in [1.29, 1.82) is 0 Å². The fourth-order valence-corrected chi connectivity index (χ4v) is 2.84. The van der Waals surface area contributed by atoms with Crippen LogP contribution in [-0.4, -0.2) is 11.8 Å². The van der Waals surface area contributed by atoms with E-state index in [9.17, 15) is 26.7 Å². The SMILES string of the molecule is CC(C)(C)Oc1ccc2cc(-c3ccccc3C(F)(F)C(F)(F)F)c(=O)oc2c1. The van der Waals surface area contributed by atoms with Gasteiger partial charge in [0.25, 0.3) is 0 Å². The van der Waals surface area contributed by atoms with Crippen LogP contribution >= 0.6 is 0 Å². The average Bonchev–Trinajstić information content (AvgIpc) is 2.58. The monoisotopic (exact) mass is 412 g/mol. The van der Waals surface area contributed by atoms with E-state index in [2.05, 4.69) is 0 Å². The molecule has 8 heteroatoms. The van der Waals surface area contributed by atoms with Crippen molar-refractivity contribution in [3.05, 3.63) is 64.5 Å². The van der Waals surface area contributed by atoms with E-state index in [4.69, 9.17) is 9.15 Å². The van der Waals surface area contributed by atoms with Crippen LogP contribution in [0.15, 0.2) is 57.7 Å². The summed E-state index contributed by atoms with van der Waals surface area (Å²) in [6.07, 6.45) is -5.81. The van der Waals surface area contributed by atoms with Crippen LogP contribution in [0.1, 0.15) is 26.3 Å². The molecular formula is C21H17F5O3. The normalized spacial score (nSPS) is 13.0. The van der Waals surface area contributed by atoms with E-state index >= 15 is 0 Å². The first-order valence-corrected chi connectivity index (χ1v) is 8.61. The zero-order valence-corrected chi connectivity index (χ0v) is 15.7. The summed E-state index contributed by atoms with van der Waals surface area (Å²) >= 11 is 0. The van der Waals surface area contributed by atoms with E-state index < -0.39 is 34.5 Å². The zero-order chi connectivity index (χ0) is 21.6. The van der Waals surface area contributed by atoms with Gasteiger partial charge in [-0.3, -0.25) is 0 Å². The molecule has 1 aromatic heterocycles. The maximum atomic E-state index is 14.0. The molecule has 0 aliphatic heterocycles. The number of alkyl halides is 5. The van der Waals surface area contributed by atoms with Gasteiger partial charge in [0.2, 0.25) is 0 Å². The lowest BCUT2D eigenvalue weighted by molar-refractivity contribution is -0.289. The highest BCUT2D eigenvalue weighted by Gasteiger charge is 2.59. The van der Waals surface area contributed by atoms with Crippen molar-refractivity contribution >= 4 is 11.0 Å². The topological polar surface area (TPSA) is 39.4 Å². The fourth-order valence-electron chi connectivity index (χ4n) is 2.84. The van der Waals surface area contributed by atoms with E-state index in [0.29, 0.717) is 17.2 Å². The first-order valence-electron chi connectivity index (χ1n) is 8.61. The Morgan fingerprint density at radius 3 is 2.14 bits per heavy atom. The summed E-state index contributed by atoms with van der Waals surface area (Å²) in [4.78, 5) is 12.4. The summed E-state index contributed by atoms with van der Waals surface area (Å²) in [5, 5.41) is 0.353. The molecule has 0 N–H and O–H groups in total. The van der Waals surface area contributed by atoms with Crippen LogP contribution in [0.4, 0.5) is 22.0 Å². The Kier molecular flexibility index (Phi) is 4.93. The lowest BCUT2D eigenvalue weighted by atomic mass is 9.95. The van der Waals surface area contributed by atoms with Gasteiger partial charge >= 0.3 is 17.7 Å². The van der Waals surface area contributed by atoms with E-state index in [1.807, 2.05) is 20.8 Å². The molecule has 0 bridgehead atoms. The van der Waals surface area contributed by atoms with Gasteiger partial charge in [-0.15, -0.1) is 0 Å². The number of benzene rings is 2. The third kappa shape index (κ3) is 4.11. The molecule has 0 saturated heterocycles. The Hall–Kier alpha value is -2.90. The van der Waals surface area contributed by atoms with Gasteiger partial charge in [-0.2, -0.15) is 22.0 Å². The Morgan fingerprint density at radius 2 is 1.52 bits per heavy atom. The Labute approximate surface area is 162 Å². The second-order valence-corrected chi connectivity index (χ2v) is 7.48. The largest absolute Gasteiger partial charge is 0.488 e. The van der Waals surface area contributed by atoms with Crippen LogP contribution in [0.25, 0.3) is 22.1 Å². The number of halogens is 5. The molecule has 0 spiro atoms. The van der Waals surface area contributed by atoms with E-state index in [1.165, 1.54) is 24.3 Å². The van der Waals surface area contributed by atoms with Crippen LogP contribution in [0.3, 0.4) is 0 Å². The third-order valence-corrected chi connectivity index (χ3v) is 4.04. The second kappa shape index (κ2) is 6.86. The lowest BCUT2D eigenvalue weighted by Gasteiger charge is -2.22. The summed E-state index contributed by atoms with van der Waals surface area (Å²) in [7, 11) is 0. The molecule has 0 unspecified atom stereocenters. The maximum Gasteiger partial charge on any atom is 0.458 e. The molecule has 0 aliphatic carbocycles. The Balaban J connectivity index is 2.16. The minimum atomic E-state index is -5.81. The van der Waals surface area contributed by atoms with Crippen molar-refractivity contribution in [2.45, 2.75) is 38.5 Å². The van der Waals surface area contributed by atoms with E-state index in [1.54, 1.807) is 6.07 Å². The maximum absolute atomic E-state index is 14.0. The average molecular weight is 412 g/mol. The number of hydrogen-bond donors (Lipinski definition) is 0. The van der Waals surface area contributed by atoms with Gasteiger partial charge in [0.05, 0.1) is 5.56 Å². The minimum Gasteiger partial charge on any atom is -0.488 e. The van der Waals surface area contributed by atoms with E-state index in [-0.39, 0.29) is 11.1 Å². The molecule has 0 fully saturated rings. The molecule has 154 valence electrons. The first-order chi connectivity index (χ1) is 13.3. The molecule has 0 aliphatic rings. The molecule has 0 radical (unpaired) electrons. The summed E-state index contributed by atoms with van der Waals surface area (Å²) in [6.45, 7) is 5.48. The second-order valence-electron chi connectivity index (χ2n) is 7.48. The molecule has 3 rings (SSSR count). The molecular weight excluding hydrogens is 395 g/mol. The number of hydrogen-bond acceptors (Lipinski definition) is 3. The van der Waals surface area contributed by atoms with Gasteiger partial charge in [-0.25, -0.2) is 4.79 Å². The van der Waals surface area contributed by atoms with Gasteiger partial charge in [0, 0.05) is 17.0 Å². The summed E-state index contributed by atoms with van der Waals surface area (Å²) < 4.78 is 77.5. The van der Waals surface area contributed by atoms with Gasteiger partial charge in [0.1, 0.15) is 16.9 Å². The minimum absolute atomic E-state index is 0.126. The molecule has 0 saturated carbocycles. The van der Waals surface area contributed by atoms with Crippen LogP contribution in [0, 0.1) is 0 Å². The first kappa shape index (κ1) is 20.8. The molecule has 1 heterocycles. The van der Waals surface area contributed by atoms with Crippen LogP contribution < -0.4 is 10.4 Å². The van der Waals surface area contributed by atoms with Crippen molar-refractivity contribution in [3.8, 4) is 16.9 Å². The fraction of sp³-hybridized carbons (Fsp3) is 0.286. The number of ether oxygens (including phenoxy) is 1. The Bertz CT molecular complexity index is 1110. The smallest absolute Gasteiger partial charge is 0.458 e. The van der Waals surface area contributed by atoms with Crippen molar-refractivity contribution in [1.82, 2.24) is 0 Å². The molecule has 3 nitrogen and oxygen atoms in total. The van der Waals surface area contributed by atoms with Crippen LogP contribution in [0.5, 0.6) is 5.75 Å². The number of fused-ring (bicyclic) bond motifs is 1. The highest BCUT2D eigenvalue weighted by atomic mass is 19.4. The predicted molar refractivity (Wildman–Crippen MR) is 98.3 cm³/mol. The standard InChI is InChI=1S/C21H17F5O3/c1-19(2,3)29-13-9-8-12-10-15(18(27)28-17(12)11-13)14-6-4-5-7-16(14)20(22,23)21(24,25)26/h4-11H,1-3H3. The number of rotatable bonds is 3. The zero-order valence-electron chi connectivity index (χ0n) is 15.7. The molecule has 0 amide bonds. The molecule has 2 aromatic carbocycles. The molecule has 0 atom stereocenters. The van der Waals surface area contributed by atoms with Crippen molar-refractivity contribution in [3.63, 3.8) is 0 Å². The summed E-state index contributed by atoms with van der Waals surface area (Å²) in [6, 6.07) is 9.82. The van der Waals surface area contributed by atoms with Crippen molar-refractivity contribution in [2.75, 3.05) is 0 Å². The van der Waals surface area contributed by atoms with Crippen molar-refractivity contribution < 1.29 is 31.1 Å². The van der Waals surface area contributed by atoms with Gasteiger partial charge < -0.3 is 9.15 Å². The van der Waals surface area contributed by atoms with Gasteiger partial charge in [-0.1, -0.05) is 24.3 Å².